The molecular weight excluding hydrogens is 394 g/mol. The molecule has 0 saturated heterocycles. The number of allylic oxidation sites excluding steroid dienone is 2. The second-order valence-corrected chi connectivity index (χ2v) is 10.4. The van der Waals surface area contributed by atoms with Crippen LogP contribution < -0.4 is 5.32 Å². The molecule has 1 aromatic heterocycles. The van der Waals surface area contributed by atoms with Gasteiger partial charge in [0, 0.05) is 27.9 Å². The number of aliphatic carboxylic acids is 1. The maximum absolute atomic E-state index is 13.2. The summed E-state index contributed by atoms with van der Waals surface area (Å²) in [6.45, 7) is 4.70. The zero-order valence-electron chi connectivity index (χ0n) is 17.8. The van der Waals surface area contributed by atoms with Crippen molar-refractivity contribution in [2.75, 3.05) is 0 Å². The molecule has 0 radical (unpaired) electrons. The highest BCUT2D eigenvalue weighted by atomic mass is 32.1. The standard InChI is InChI=1S/C25H31NO3S/c1-25(2)17-13-16(9-5-3-4-6-12-22(27)28)23(20(25)14-17)26-24(29)19-15-30-21-11-8-7-10-18(19)21/h3,5,7-8,10-11,15-17,20,23H,4,6,9,12-14H2,1-2H3,(H,26,29)(H,27,28)/b5-3-/t16-,17-,20-,23-/m0/s1. The molecule has 3 saturated carbocycles. The Morgan fingerprint density at radius 2 is 2.03 bits per heavy atom. The van der Waals surface area contributed by atoms with Crippen LogP contribution >= 0.6 is 11.3 Å². The molecule has 30 heavy (non-hydrogen) atoms. The average Bonchev–Trinajstić information content (AvgIpc) is 3.15. The number of hydrogen-bond donors (Lipinski definition) is 2. The average molecular weight is 426 g/mol. The molecule has 4 atom stereocenters. The molecule has 4 nitrogen and oxygen atoms in total. The van der Waals surface area contributed by atoms with Gasteiger partial charge in [-0.3, -0.25) is 9.59 Å². The van der Waals surface area contributed by atoms with E-state index in [1.807, 2.05) is 23.6 Å². The number of carbonyl (C=O) groups excluding carboxylic acids is 1. The number of carbonyl (C=O) groups is 2. The van der Waals surface area contributed by atoms with Crippen molar-refractivity contribution in [2.45, 2.75) is 58.4 Å². The maximum Gasteiger partial charge on any atom is 0.303 e. The van der Waals surface area contributed by atoms with Gasteiger partial charge in [-0.15, -0.1) is 11.3 Å². The lowest BCUT2D eigenvalue weighted by Gasteiger charge is -2.62. The zero-order chi connectivity index (χ0) is 21.3. The van der Waals surface area contributed by atoms with Crippen LogP contribution in [0.2, 0.25) is 0 Å². The van der Waals surface area contributed by atoms with E-state index < -0.39 is 5.97 Å². The number of amides is 1. The normalized spacial score (nSPS) is 27.1. The summed E-state index contributed by atoms with van der Waals surface area (Å²) in [5, 5.41) is 15.2. The van der Waals surface area contributed by atoms with Crippen molar-refractivity contribution >= 4 is 33.3 Å². The van der Waals surface area contributed by atoms with Crippen molar-refractivity contribution in [2.24, 2.45) is 23.2 Å². The molecule has 2 aromatic rings. The lowest BCUT2D eigenvalue weighted by atomic mass is 9.44. The zero-order valence-corrected chi connectivity index (χ0v) is 18.6. The molecule has 0 spiro atoms. The van der Waals surface area contributed by atoms with Crippen molar-refractivity contribution in [3.8, 4) is 0 Å². The van der Waals surface area contributed by atoms with Gasteiger partial charge < -0.3 is 10.4 Å². The number of hydrogen-bond acceptors (Lipinski definition) is 3. The molecule has 2 bridgehead atoms. The molecule has 3 aliphatic carbocycles. The van der Waals surface area contributed by atoms with Crippen LogP contribution in [0.25, 0.3) is 10.1 Å². The Balaban J connectivity index is 1.44. The van der Waals surface area contributed by atoms with E-state index in [2.05, 4.69) is 37.4 Å². The third kappa shape index (κ3) is 4.04. The number of fused-ring (bicyclic) bond motifs is 3. The fourth-order valence-electron chi connectivity index (χ4n) is 5.51. The predicted molar refractivity (Wildman–Crippen MR) is 122 cm³/mol. The Kier molecular flexibility index (Phi) is 6.01. The van der Waals surface area contributed by atoms with E-state index in [4.69, 9.17) is 5.11 Å². The molecule has 3 fully saturated rings. The summed E-state index contributed by atoms with van der Waals surface area (Å²) in [6.07, 6.45) is 9.32. The molecule has 3 aliphatic rings. The summed E-state index contributed by atoms with van der Waals surface area (Å²) in [5.41, 5.74) is 1.08. The van der Waals surface area contributed by atoms with Crippen LogP contribution in [-0.4, -0.2) is 23.0 Å². The molecule has 0 aliphatic heterocycles. The Labute approximate surface area is 182 Å². The number of thiophene rings is 1. The van der Waals surface area contributed by atoms with E-state index in [9.17, 15) is 9.59 Å². The van der Waals surface area contributed by atoms with E-state index >= 15 is 0 Å². The van der Waals surface area contributed by atoms with Crippen molar-refractivity contribution in [1.82, 2.24) is 5.32 Å². The summed E-state index contributed by atoms with van der Waals surface area (Å²) >= 11 is 1.63. The highest BCUT2D eigenvalue weighted by molar-refractivity contribution is 7.17. The first-order chi connectivity index (χ1) is 14.4. The van der Waals surface area contributed by atoms with E-state index in [1.165, 1.54) is 6.42 Å². The SMILES string of the molecule is CC1(C)[C@H]2C[C@H](C/C=C\CCCC(=O)O)[C@H](NC(=O)c3csc4ccccc34)[C@@H]1C2. The molecular formula is C25H31NO3S. The molecule has 160 valence electrons. The third-order valence-electron chi connectivity index (χ3n) is 7.47. The van der Waals surface area contributed by atoms with Crippen LogP contribution in [0, 0.1) is 23.2 Å². The van der Waals surface area contributed by atoms with E-state index in [1.54, 1.807) is 11.3 Å². The van der Waals surface area contributed by atoms with Crippen LogP contribution in [0.3, 0.4) is 0 Å². The van der Waals surface area contributed by atoms with Crippen LogP contribution in [0.5, 0.6) is 0 Å². The monoisotopic (exact) mass is 425 g/mol. The van der Waals surface area contributed by atoms with Crippen molar-refractivity contribution < 1.29 is 14.7 Å². The first kappa shape index (κ1) is 21.1. The molecule has 5 heteroatoms. The predicted octanol–water partition coefficient (Wildman–Crippen LogP) is 5.88. The van der Waals surface area contributed by atoms with Crippen molar-refractivity contribution in [3.05, 3.63) is 47.4 Å². The summed E-state index contributed by atoms with van der Waals surface area (Å²) < 4.78 is 1.15. The van der Waals surface area contributed by atoms with Crippen LogP contribution in [-0.2, 0) is 4.79 Å². The lowest BCUT2D eigenvalue weighted by molar-refractivity contribution is -0.137. The Bertz CT molecular complexity index is 960. The Hall–Kier alpha value is -2.14. The minimum absolute atomic E-state index is 0.0500. The number of carboxylic acids is 1. The second-order valence-electron chi connectivity index (χ2n) is 9.49. The van der Waals surface area contributed by atoms with Gasteiger partial charge in [0.15, 0.2) is 0 Å². The first-order valence-corrected chi connectivity index (χ1v) is 11.9. The number of nitrogens with one attached hydrogen (secondary N) is 1. The van der Waals surface area contributed by atoms with Gasteiger partial charge in [0.2, 0.25) is 0 Å². The quantitative estimate of drug-likeness (QED) is 0.410. The van der Waals surface area contributed by atoms with E-state index in [-0.39, 0.29) is 23.8 Å². The van der Waals surface area contributed by atoms with Gasteiger partial charge in [-0.25, -0.2) is 0 Å². The second kappa shape index (κ2) is 8.54. The van der Waals surface area contributed by atoms with Gasteiger partial charge in [0.05, 0.1) is 5.56 Å². The molecule has 2 N–H and O–H groups in total. The van der Waals surface area contributed by atoms with Crippen LogP contribution in [0.1, 0.15) is 62.7 Å². The van der Waals surface area contributed by atoms with Crippen LogP contribution in [0.4, 0.5) is 0 Å². The molecule has 1 amide bonds. The summed E-state index contributed by atoms with van der Waals surface area (Å²) in [6, 6.07) is 8.29. The van der Waals surface area contributed by atoms with Gasteiger partial charge in [-0.2, -0.15) is 0 Å². The fraction of sp³-hybridized carbons (Fsp3) is 0.520. The molecule has 1 heterocycles. The van der Waals surface area contributed by atoms with E-state index in [0.717, 1.165) is 40.8 Å². The van der Waals surface area contributed by atoms with Crippen molar-refractivity contribution in [1.29, 1.82) is 0 Å². The number of unbranched alkanes of at least 4 members (excludes halogenated alkanes) is 1. The summed E-state index contributed by atoms with van der Waals surface area (Å²) in [5.74, 6) is 1.03. The van der Waals surface area contributed by atoms with Gasteiger partial charge in [0.25, 0.3) is 5.91 Å². The highest BCUT2D eigenvalue weighted by Crippen LogP contribution is 2.61. The number of benzene rings is 1. The highest BCUT2D eigenvalue weighted by Gasteiger charge is 2.57. The molecule has 5 rings (SSSR count). The van der Waals surface area contributed by atoms with Crippen LogP contribution in [0.15, 0.2) is 41.8 Å². The Morgan fingerprint density at radius 1 is 1.23 bits per heavy atom. The van der Waals surface area contributed by atoms with Gasteiger partial charge >= 0.3 is 5.97 Å². The maximum atomic E-state index is 13.2. The third-order valence-corrected chi connectivity index (χ3v) is 8.43. The summed E-state index contributed by atoms with van der Waals surface area (Å²) in [7, 11) is 0. The fourth-order valence-corrected chi connectivity index (χ4v) is 6.45. The minimum Gasteiger partial charge on any atom is -0.481 e. The van der Waals surface area contributed by atoms with E-state index in [0.29, 0.717) is 18.3 Å². The summed E-state index contributed by atoms with van der Waals surface area (Å²) in [4.78, 5) is 23.9. The molecule has 0 unspecified atom stereocenters. The topological polar surface area (TPSA) is 66.4 Å². The van der Waals surface area contributed by atoms with Gasteiger partial charge in [-0.1, -0.05) is 44.2 Å². The lowest BCUT2D eigenvalue weighted by Crippen LogP contribution is -2.63. The minimum atomic E-state index is -0.735. The van der Waals surface area contributed by atoms with Gasteiger partial charge in [-0.05, 0) is 61.3 Å². The molecule has 1 aromatic carbocycles. The first-order valence-electron chi connectivity index (χ1n) is 11.0. The smallest absolute Gasteiger partial charge is 0.303 e. The Morgan fingerprint density at radius 3 is 2.80 bits per heavy atom. The largest absolute Gasteiger partial charge is 0.481 e. The number of rotatable bonds is 8. The van der Waals surface area contributed by atoms with Crippen molar-refractivity contribution in [3.63, 3.8) is 0 Å². The number of carboxylic acid groups (broad SMARTS) is 1. The van der Waals surface area contributed by atoms with Gasteiger partial charge in [0.1, 0.15) is 0 Å².